The quantitative estimate of drug-likeness (QED) is 0.395. The smallest absolute Gasteiger partial charge is 0.191 e. The van der Waals surface area contributed by atoms with Crippen molar-refractivity contribution in [3.05, 3.63) is 0 Å². The monoisotopic (exact) mass is 396 g/mol. The van der Waals surface area contributed by atoms with Crippen LogP contribution >= 0.6 is 24.0 Å². The number of likely N-dealkylation sites (tertiary alicyclic amines) is 1. The van der Waals surface area contributed by atoms with E-state index in [1.54, 1.807) is 0 Å². The summed E-state index contributed by atoms with van der Waals surface area (Å²) in [6.45, 7) is 13.1. The van der Waals surface area contributed by atoms with Crippen LogP contribution in [0.15, 0.2) is 4.99 Å². The Balaban J connectivity index is 0.00000361. The average Bonchev–Trinajstić information content (AvgIpc) is 2.39. The van der Waals surface area contributed by atoms with Crippen LogP contribution in [0.2, 0.25) is 0 Å². The van der Waals surface area contributed by atoms with Crippen molar-refractivity contribution >= 4 is 29.9 Å². The van der Waals surface area contributed by atoms with Crippen molar-refractivity contribution in [3.8, 4) is 0 Å². The second-order valence-corrected chi connectivity index (χ2v) is 5.77. The predicted octanol–water partition coefficient (Wildman–Crippen LogP) is 2.69. The van der Waals surface area contributed by atoms with E-state index in [0.29, 0.717) is 0 Å². The molecule has 0 atom stereocenters. The zero-order chi connectivity index (χ0) is 13.9. The molecule has 0 amide bonds. The van der Waals surface area contributed by atoms with Crippen LogP contribution in [0.5, 0.6) is 0 Å². The maximum absolute atomic E-state index is 4.61. The van der Waals surface area contributed by atoms with Crippen LogP contribution in [0.25, 0.3) is 0 Å². The van der Waals surface area contributed by atoms with Gasteiger partial charge >= 0.3 is 0 Å². The third-order valence-electron chi connectivity index (χ3n) is 3.49. The fourth-order valence-corrected chi connectivity index (χ4v) is 2.29. The molecule has 0 aromatic rings. The molecule has 0 aromatic carbocycles. The van der Waals surface area contributed by atoms with E-state index in [2.05, 4.69) is 41.3 Å². The first-order valence-electron chi connectivity index (χ1n) is 7.97. The summed E-state index contributed by atoms with van der Waals surface area (Å²) in [5.74, 6) is 1.69. The van der Waals surface area contributed by atoms with E-state index in [4.69, 9.17) is 0 Å². The Labute approximate surface area is 142 Å². The zero-order valence-electron chi connectivity index (χ0n) is 13.5. The number of guanidine groups is 1. The molecule has 20 heavy (non-hydrogen) atoms. The summed E-state index contributed by atoms with van der Waals surface area (Å²) in [6, 6.07) is 0. The van der Waals surface area contributed by atoms with Crippen LogP contribution in [0, 0.1) is 5.92 Å². The topological polar surface area (TPSA) is 39.7 Å². The van der Waals surface area contributed by atoms with Gasteiger partial charge in [-0.2, -0.15) is 0 Å². The molecule has 0 unspecified atom stereocenters. The van der Waals surface area contributed by atoms with Crippen molar-refractivity contribution in [1.82, 2.24) is 15.5 Å². The van der Waals surface area contributed by atoms with Gasteiger partial charge in [0.1, 0.15) is 0 Å². The van der Waals surface area contributed by atoms with Gasteiger partial charge in [0.25, 0.3) is 0 Å². The predicted molar refractivity (Wildman–Crippen MR) is 99.1 cm³/mol. The highest BCUT2D eigenvalue weighted by Gasteiger charge is 2.09. The van der Waals surface area contributed by atoms with Gasteiger partial charge in [0.15, 0.2) is 5.96 Å². The van der Waals surface area contributed by atoms with Crippen molar-refractivity contribution in [2.24, 2.45) is 10.9 Å². The van der Waals surface area contributed by atoms with Crippen LogP contribution in [-0.4, -0.2) is 50.1 Å². The van der Waals surface area contributed by atoms with Gasteiger partial charge in [-0.05, 0) is 45.2 Å². The van der Waals surface area contributed by atoms with Gasteiger partial charge in [-0.15, -0.1) is 24.0 Å². The van der Waals surface area contributed by atoms with Crippen LogP contribution < -0.4 is 10.6 Å². The Morgan fingerprint density at radius 3 is 2.45 bits per heavy atom. The normalized spacial score (nSPS) is 16.9. The Morgan fingerprint density at radius 1 is 1.15 bits per heavy atom. The summed E-state index contributed by atoms with van der Waals surface area (Å²) in [4.78, 5) is 7.16. The lowest BCUT2D eigenvalue weighted by atomic mass is 10.1. The van der Waals surface area contributed by atoms with E-state index < -0.39 is 0 Å². The standard InChI is InChI=1S/C15H32N4.HI/c1-4-16-15(17-9-8-14(2)3)18-10-13-19-11-6-5-7-12-19;/h14H,4-13H2,1-3H3,(H2,16,17,18);1H. The summed E-state index contributed by atoms with van der Waals surface area (Å²) in [6.07, 6.45) is 5.29. The molecule has 1 heterocycles. The fourth-order valence-electron chi connectivity index (χ4n) is 2.29. The van der Waals surface area contributed by atoms with Gasteiger partial charge < -0.3 is 15.5 Å². The van der Waals surface area contributed by atoms with Gasteiger partial charge in [-0.3, -0.25) is 4.99 Å². The Bertz CT molecular complexity index is 250. The van der Waals surface area contributed by atoms with Gasteiger partial charge in [-0.1, -0.05) is 20.3 Å². The average molecular weight is 396 g/mol. The first kappa shape index (κ1) is 20.0. The molecule has 0 saturated carbocycles. The molecule has 1 aliphatic rings. The third kappa shape index (κ3) is 9.80. The third-order valence-corrected chi connectivity index (χ3v) is 3.49. The summed E-state index contributed by atoms with van der Waals surface area (Å²) in [5.41, 5.74) is 0. The summed E-state index contributed by atoms with van der Waals surface area (Å²) in [5, 5.41) is 6.75. The molecule has 0 aliphatic carbocycles. The lowest BCUT2D eigenvalue weighted by Crippen LogP contribution is -2.42. The molecule has 5 heteroatoms. The van der Waals surface area contributed by atoms with E-state index in [-0.39, 0.29) is 24.0 Å². The first-order valence-corrected chi connectivity index (χ1v) is 7.97. The molecule has 0 spiro atoms. The molecular formula is C15H33IN4. The van der Waals surface area contributed by atoms with Crippen molar-refractivity contribution in [3.63, 3.8) is 0 Å². The Morgan fingerprint density at radius 2 is 1.85 bits per heavy atom. The van der Waals surface area contributed by atoms with Gasteiger partial charge in [-0.25, -0.2) is 0 Å². The number of aliphatic imine (C=N–C) groups is 1. The molecule has 2 N–H and O–H groups in total. The molecule has 120 valence electrons. The Kier molecular flexibility index (Phi) is 12.7. The maximum Gasteiger partial charge on any atom is 0.191 e. The maximum atomic E-state index is 4.61. The second-order valence-electron chi connectivity index (χ2n) is 5.77. The SMILES string of the molecule is CCNC(=NCCC(C)C)NCCN1CCCCC1.I. The zero-order valence-corrected chi connectivity index (χ0v) is 15.8. The summed E-state index contributed by atoms with van der Waals surface area (Å²) < 4.78 is 0. The van der Waals surface area contributed by atoms with Crippen molar-refractivity contribution < 1.29 is 0 Å². The summed E-state index contributed by atoms with van der Waals surface area (Å²) in [7, 11) is 0. The number of nitrogens with zero attached hydrogens (tertiary/aromatic N) is 2. The molecule has 0 bridgehead atoms. The van der Waals surface area contributed by atoms with Crippen LogP contribution in [0.1, 0.15) is 46.5 Å². The minimum absolute atomic E-state index is 0. The molecule has 1 aliphatic heterocycles. The molecule has 0 radical (unpaired) electrons. The molecule has 4 nitrogen and oxygen atoms in total. The number of hydrogen-bond acceptors (Lipinski definition) is 2. The lowest BCUT2D eigenvalue weighted by Gasteiger charge is -2.26. The van der Waals surface area contributed by atoms with Gasteiger partial charge in [0.2, 0.25) is 0 Å². The highest BCUT2D eigenvalue weighted by Crippen LogP contribution is 2.07. The van der Waals surface area contributed by atoms with Gasteiger partial charge in [0.05, 0.1) is 0 Å². The van der Waals surface area contributed by atoms with Crippen LogP contribution in [-0.2, 0) is 0 Å². The lowest BCUT2D eigenvalue weighted by molar-refractivity contribution is 0.232. The van der Waals surface area contributed by atoms with Crippen molar-refractivity contribution in [2.45, 2.75) is 46.5 Å². The molecular weight excluding hydrogens is 363 g/mol. The van der Waals surface area contributed by atoms with Crippen molar-refractivity contribution in [1.29, 1.82) is 0 Å². The van der Waals surface area contributed by atoms with E-state index >= 15 is 0 Å². The number of piperidine rings is 1. The van der Waals surface area contributed by atoms with E-state index in [1.807, 2.05) is 0 Å². The largest absolute Gasteiger partial charge is 0.357 e. The molecule has 1 saturated heterocycles. The van der Waals surface area contributed by atoms with E-state index in [9.17, 15) is 0 Å². The molecule has 1 fully saturated rings. The van der Waals surface area contributed by atoms with E-state index in [0.717, 1.165) is 44.5 Å². The number of nitrogens with one attached hydrogen (secondary N) is 2. The summed E-state index contributed by atoms with van der Waals surface area (Å²) >= 11 is 0. The molecule has 0 aromatic heterocycles. The molecule has 1 rings (SSSR count). The van der Waals surface area contributed by atoms with Gasteiger partial charge in [0, 0.05) is 26.2 Å². The Hall–Kier alpha value is -0.0400. The van der Waals surface area contributed by atoms with E-state index in [1.165, 1.54) is 32.4 Å². The van der Waals surface area contributed by atoms with Crippen molar-refractivity contribution in [2.75, 3.05) is 39.3 Å². The van der Waals surface area contributed by atoms with Crippen LogP contribution in [0.4, 0.5) is 0 Å². The first-order chi connectivity index (χ1) is 9.22. The second kappa shape index (κ2) is 12.7. The highest BCUT2D eigenvalue weighted by atomic mass is 127. The fraction of sp³-hybridized carbons (Fsp3) is 0.933. The number of hydrogen-bond donors (Lipinski definition) is 2. The number of rotatable bonds is 7. The minimum Gasteiger partial charge on any atom is -0.357 e. The number of halogens is 1. The minimum atomic E-state index is 0. The van der Waals surface area contributed by atoms with Crippen LogP contribution in [0.3, 0.4) is 0 Å². The highest BCUT2D eigenvalue weighted by molar-refractivity contribution is 14.0.